The van der Waals surface area contributed by atoms with Crippen LogP contribution in [-0.4, -0.2) is 12.1 Å². The fourth-order valence-corrected chi connectivity index (χ4v) is 2.14. The van der Waals surface area contributed by atoms with E-state index < -0.39 is 7.12 Å². The Labute approximate surface area is 77.7 Å². The number of rotatable bonds is 0. The Balaban J connectivity index is 2.19. The minimum Gasteiger partial charge on any atom is -0.423 e. The van der Waals surface area contributed by atoms with Crippen LogP contribution in [0.1, 0.15) is 24.0 Å². The number of fused-ring (bicyclic) bond motifs is 2. The quantitative estimate of drug-likeness (QED) is 0.586. The maximum Gasteiger partial charge on any atom is 0.492 e. The predicted octanol–water partition coefficient (Wildman–Crippen LogP) is 0.702. The average molecular weight is 174 g/mol. The first-order chi connectivity index (χ1) is 6.21. The summed E-state index contributed by atoms with van der Waals surface area (Å²) >= 11 is 0. The highest BCUT2D eigenvalue weighted by Gasteiger charge is 2.54. The molecule has 1 fully saturated rings. The summed E-state index contributed by atoms with van der Waals surface area (Å²) in [4.78, 5) is 0. The van der Waals surface area contributed by atoms with Gasteiger partial charge in [-0.25, -0.2) is 0 Å². The van der Waals surface area contributed by atoms with E-state index in [2.05, 4.69) is 12.1 Å². The van der Waals surface area contributed by atoms with Crippen molar-refractivity contribution in [1.29, 1.82) is 0 Å². The molecule has 1 aromatic rings. The van der Waals surface area contributed by atoms with Gasteiger partial charge < -0.3 is 9.68 Å². The van der Waals surface area contributed by atoms with E-state index in [0.29, 0.717) is 0 Å². The number of hydrogen-bond donors (Lipinski definition) is 1. The molecule has 2 nitrogen and oxygen atoms in total. The zero-order valence-electron chi connectivity index (χ0n) is 7.58. The third-order valence-corrected chi connectivity index (χ3v) is 3.01. The van der Waals surface area contributed by atoms with Gasteiger partial charge in [0.1, 0.15) is 0 Å². The summed E-state index contributed by atoms with van der Waals surface area (Å²) in [6.07, 6.45) is 2.11. The summed E-state index contributed by atoms with van der Waals surface area (Å²) < 4.78 is 5.54. The van der Waals surface area contributed by atoms with Crippen LogP contribution in [0.3, 0.4) is 0 Å². The first kappa shape index (κ1) is 7.59. The Kier molecular flexibility index (Phi) is 1.27. The fraction of sp³-hybridized carbons (Fsp3) is 0.400. The Bertz CT molecular complexity index is 371. The van der Waals surface area contributed by atoms with E-state index in [1.165, 1.54) is 11.1 Å². The Morgan fingerprint density at radius 1 is 1.46 bits per heavy atom. The molecule has 0 amide bonds. The van der Waals surface area contributed by atoms with Crippen LogP contribution in [0.25, 0.3) is 0 Å². The van der Waals surface area contributed by atoms with Crippen molar-refractivity contribution in [3.63, 3.8) is 0 Å². The van der Waals surface area contributed by atoms with Gasteiger partial charge in [-0.1, -0.05) is 23.8 Å². The molecule has 0 saturated heterocycles. The van der Waals surface area contributed by atoms with Gasteiger partial charge in [0, 0.05) is 0 Å². The van der Waals surface area contributed by atoms with Crippen LogP contribution in [0, 0.1) is 6.92 Å². The predicted molar refractivity (Wildman–Crippen MR) is 50.8 cm³/mol. The van der Waals surface area contributed by atoms with Gasteiger partial charge in [-0.15, -0.1) is 0 Å². The molecule has 0 radical (unpaired) electrons. The summed E-state index contributed by atoms with van der Waals surface area (Å²) in [5.74, 6) is 0. The first-order valence-electron chi connectivity index (χ1n) is 4.68. The van der Waals surface area contributed by atoms with Crippen molar-refractivity contribution in [1.82, 2.24) is 0 Å². The second kappa shape index (κ2) is 2.17. The summed E-state index contributed by atoms with van der Waals surface area (Å²) in [7, 11) is -0.697. The third kappa shape index (κ3) is 0.915. The van der Waals surface area contributed by atoms with Crippen molar-refractivity contribution in [2.45, 2.75) is 25.4 Å². The molecular formula is C10H11BO2. The Morgan fingerprint density at radius 3 is 2.92 bits per heavy atom. The van der Waals surface area contributed by atoms with Crippen LogP contribution >= 0.6 is 0 Å². The monoisotopic (exact) mass is 174 g/mol. The molecule has 0 bridgehead atoms. The van der Waals surface area contributed by atoms with Crippen LogP contribution in [0.15, 0.2) is 18.2 Å². The molecule has 0 aromatic heterocycles. The molecule has 1 saturated carbocycles. The molecule has 0 unspecified atom stereocenters. The molecule has 1 aliphatic heterocycles. The number of aryl methyl sites for hydroxylation is 1. The number of hydrogen-bond acceptors (Lipinski definition) is 2. The largest absolute Gasteiger partial charge is 0.492 e. The summed E-state index contributed by atoms with van der Waals surface area (Å²) in [6.45, 7) is 2.03. The van der Waals surface area contributed by atoms with Gasteiger partial charge in [-0.05, 0) is 30.8 Å². The van der Waals surface area contributed by atoms with Crippen molar-refractivity contribution in [2.75, 3.05) is 0 Å². The molecule has 1 N–H and O–H groups in total. The molecule has 3 heteroatoms. The molecule has 0 atom stereocenters. The highest BCUT2D eigenvalue weighted by atomic mass is 16.5. The molecular weight excluding hydrogens is 163 g/mol. The van der Waals surface area contributed by atoms with Crippen LogP contribution < -0.4 is 5.46 Å². The van der Waals surface area contributed by atoms with Crippen molar-refractivity contribution in [2.24, 2.45) is 0 Å². The van der Waals surface area contributed by atoms with E-state index in [1.807, 2.05) is 13.0 Å². The minimum absolute atomic E-state index is 0.109. The highest BCUT2D eigenvalue weighted by molar-refractivity contribution is 6.62. The van der Waals surface area contributed by atoms with Gasteiger partial charge in [0.2, 0.25) is 0 Å². The molecule has 66 valence electrons. The second-order valence-electron chi connectivity index (χ2n) is 4.06. The van der Waals surface area contributed by atoms with E-state index in [4.69, 9.17) is 4.65 Å². The lowest BCUT2D eigenvalue weighted by atomic mass is 9.78. The van der Waals surface area contributed by atoms with Crippen LogP contribution in [0.4, 0.5) is 0 Å². The normalized spacial score (nSPS) is 22.2. The molecule has 3 rings (SSSR count). The summed E-state index contributed by atoms with van der Waals surface area (Å²) in [6, 6.07) is 6.20. The highest BCUT2D eigenvalue weighted by Crippen LogP contribution is 2.51. The molecule has 1 spiro atoms. The van der Waals surface area contributed by atoms with E-state index in [0.717, 1.165) is 18.3 Å². The number of benzene rings is 1. The van der Waals surface area contributed by atoms with Gasteiger partial charge >= 0.3 is 7.12 Å². The van der Waals surface area contributed by atoms with Gasteiger partial charge in [-0.2, -0.15) is 0 Å². The van der Waals surface area contributed by atoms with Crippen molar-refractivity contribution in [3.8, 4) is 0 Å². The summed E-state index contributed by atoms with van der Waals surface area (Å²) in [5, 5.41) is 9.66. The lowest BCUT2D eigenvalue weighted by molar-refractivity contribution is 0.167. The molecule has 1 aromatic carbocycles. The van der Waals surface area contributed by atoms with Crippen LogP contribution in [0.2, 0.25) is 0 Å². The molecule has 13 heavy (non-hydrogen) atoms. The first-order valence-corrected chi connectivity index (χ1v) is 4.68. The lowest BCUT2D eigenvalue weighted by Gasteiger charge is -2.07. The lowest BCUT2D eigenvalue weighted by Crippen LogP contribution is -2.28. The van der Waals surface area contributed by atoms with Gasteiger partial charge in [0.15, 0.2) is 0 Å². The molecule has 1 aliphatic carbocycles. The zero-order chi connectivity index (χ0) is 9.05. The van der Waals surface area contributed by atoms with E-state index in [9.17, 15) is 5.02 Å². The average Bonchev–Trinajstić information content (AvgIpc) is 2.79. The van der Waals surface area contributed by atoms with Crippen molar-refractivity contribution >= 4 is 12.6 Å². The third-order valence-electron chi connectivity index (χ3n) is 3.01. The molecule has 1 heterocycles. The van der Waals surface area contributed by atoms with Crippen LogP contribution in [-0.2, 0) is 10.3 Å². The zero-order valence-corrected chi connectivity index (χ0v) is 7.58. The van der Waals surface area contributed by atoms with Crippen LogP contribution in [0.5, 0.6) is 0 Å². The van der Waals surface area contributed by atoms with Gasteiger partial charge in [-0.3, -0.25) is 0 Å². The van der Waals surface area contributed by atoms with Gasteiger partial charge in [0.05, 0.1) is 5.60 Å². The summed E-state index contributed by atoms with van der Waals surface area (Å²) in [5.41, 5.74) is 3.24. The van der Waals surface area contributed by atoms with E-state index in [-0.39, 0.29) is 5.60 Å². The Hall–Kier alpha value is -0.795. The molecule has 2 aliphatic rings. The minimum atomic E-state index is -0.697. The van der Waals surface area contributed by atoms with Crippen molar-refractivity contribution in [3.05, 3.63) is 29.3 Å². The SMILES string of the molecule is Cc1ccc2c(c1)B(O)OC21CC1. The smallest absolute Gasteiger partial charge is 0.423 e. The van der Waals surface area contributed by atoms with E-state index >= 15 is 0 Å². The van der Waals surface area contributed by atoms with Gasteiger partial charge in [0.25, 0.3) is 0 Å². The fourth-order valence-electron chi connectivity index (χ4n) is 2.14. The Morgan fingerprint density at radius 2 is 2.23 bits per heavy atom. The van der Waals surface area contributed by atoms with Crippen molar-refractivity contribution < 1.29 is 9.68 Å². The standard InChI is InChI=1S/C10H11BO2/c1-7-2-3-8-9(6-7)11(12)13-10(8)4-5-10/h2-3,6,12H,4-5H2,1H3. The topological polar surface area (TPSA) is 29.5 Å². The maximum absolute atomic E-state index is 9.66. The van der Waals surface area contributed by atoms with E-state index in [1.54, 1.807) is 0 Å². The maximum atomic E-state index is 9.66. The second-order valence-corrected chi connectivity index (χ2v) is 4.06.